The van der Waals surface area contributed by atoms with E-state index in [2.05, 4.69) is 26.9 Å². The summed E-state index contributed by atoms with van der Waals surface area (Å²) >= 11 is 1.42. The molecule has 0 radical (unpaired) electrons. The predicted molar refractivity (Wildman–Crippen MR) is 66.6 cm³/mol. The molecule has 90 valence electrons. The Morgan fingerprint density at radius 3 is 3.00 bits per heavy atom. The zero-order chi connectivity index (χ0) is 12.0. The van der Waals surface area contributed by atoms with Gasteiger partial charge in [-0.2, -0.15) is 4.37 Å². The van der Waals surface area contributed by atoms with Crippen molar-refractivity contribution in [2.75, 3.05) is 0 Å². The van der Waals surface area contributed by atoms with Crippen molar-refractivity contribution in [3.63, 3.8) is 0 Å². The van der Waals surface area contributed by atoms with Crippen molar-refractivity contribution in [3.8, 4) is 5.13 Å². The Bertz CT molecular complexity index is 558. The van der Waals surface area contributed by atoms with Crippen LogP contribution in [-0.2, 0) is 6.42 Å². The molecule has 1 N–H and O–H groups in total. The van der Waals surface area contributed by atoms with Gasteiger partial charge in [0.05, 0.1) is 6.10 Å². The fourth-order valence-electron chi connectivity index (χ4n) is 2.52. The molecule has 0 aliphatic heterocycles. The highest BCUT2D eigenvalue weighted by molar-refractivity contribution is 7.08. The van der Waals surface area contributed by atoms with Gasteiger partial charge in [0.25, 0.3) is 0 Å². The molecule has 0 aromatic carbocycles. The predicted octanol–water partition coefficient (Wildman–Crippen LogP) is 2.32. The zero-order valence-corrected chi connectivity index (χ0v) is 10.8. The van der Waals surface area contributed by atoms with Crippen molar-refractivity contribution in [1.82, 2.24) is 13.9 Å². The number of hydrogen-bond donors (Lipinski definition) is 1. The molecule has 1 aliphatic rings. The molecule has 17 heavy (non-hydrogen) atoms. The Kier molecular flexibility index (Phi) is 2.52. The molecule has 4 nitrogen and oxygen atoms in total. The first kappa shape index (κ1) is 10.9. The molecule has 0 amide bonds. The number of aryl methyl sites for hydroxylation is 2. The van der Waals surface area contributed by atoms with Crippen LogP contribution in [0, 0.1) is 13.8 Å². The lowest BCUT2D eigenvalue weighted by molar-refractivity contribution is 0.156. The Labute approximate surface area is 104 Å². The summed E-state index contributed by atoms with van der Waals surface area (Å²) in [6.07, 6.45) is 2.60. The van der Waals surface area contributed by atoms with Gasteiger partial charge < -0.3 is 5.11 Å². The number of fused-ring (bicyclic) bond motifs is 1. The van der Waals surface area contributed by atoms with Gasteiger partial charge in [-0.05, 0) is 39.2 Å². The minimum absolute atomic E-state index is 0.312. The second-order valence-electron chi connectivity index (χ2n) is 4.56. The highest BCUT2D eigenvalue weighted by Gasteiger charge is 2.24. The molecule has 3 rings (SSSR count). The maximum Gasteiger partial charge on any atom is 0.213 e. The van der Waals surface area contributed by atoms with Crippen molar-refractivity contribution in [1.29, 1.82) is 0 Å². The Hall–Kier alpha value is -1.20. The van der Waals surface area contributed by atoms with Gasteiger partial charge in [0.1, 0.15) is 5.82 Å². The number of aliphatic hydroxyl groups is 1. The smallest absolute Gasteiger partial charge is 0.213 e. The Morgan fingerprint density at radius 1 is 1.47 bits per heavy atom. The van der Waals surface area contributed by atoms with Gasteiger partial charge in [-0.25, -0.2) is 4.98 Å². The van der Waals surface area contributed by atoms with E-state index in [-0.39, 0.29) is 6.10 Å². The second kappa shape index (κ2) is 3.92. The summed E-state index contributed by atoms with van der Waals surface area (Å²) in [5, 5.41) is 10.9. The highest BCUT2D eigenvalue weighted by Crippen LogP contribution is 2.34. The van der Waals surface area contributed by atoms with Gasteiger partial charge in [0.2, 0.25) is 5.13 Å². The summed E-state index contributed by atoms with van der Waals surface area (Å²) in [4.78, 5) is 4.44. The van der Waals surface area contributed by atoms with E-state index in [0.29, 0.717) is 0 Å². The van der Waals surface area contributed by atoms with Gasteiger partial charge in [-0.3, -0.25) is 4.57 Å². The van der Waals surface area contributed by atoms with E-state index in [9.17, 15) is 5.11 Å². The lowest BCUT2D eigenvalue weighted by Gasteiger charge is -2.19. The molecule has 0 bridgehead atoms. The van der Waals surface area contributed by atoms with Crippen LogP contribution >= 0.6 is 11.5 Å². The minimum atomic E-state index is -0.312. The van der Waals surface area contributed by atoms with Crippen LogP contribution in [-0.4, -0.2) is 19.0 Å². The van der Waals surface area contributed by atoms with Crippen LogP contribution in [0.2, 0.25) is 0 Å². The summed E-state index contributed by atoms with van der Waals surface area (Å²) in [7, 11) is 0. The van der Waals surface area contributed by atoms with E-state index in [1.54, 1.807) is 0 Å². The van der Waals surface area contributed by atoms with Gasteiger partial charge in [0.15, 0.2) is 0 Å². The lowest BCUT2D eigenvalue weighted by atomic mass is 9.95. The van der Waals surface area contributed by atoms with Crippen molar-refractivity contribution in [2.24, 2.45) is 0 Å². The first-order valence-corrected chi connectivity index (χ1v) is 6.64. The summed E-state index contributed by atoms with van der Waals surface area (Å²) in [5.74, 6) is 0.809. The van der Waals surface area contributed by atoms with Crippen LogP contribution in [0.15, 0.2) is 6.07 Å². The monoisotopic (exact) mass is 249 g/mol. The summed E-state index contributed by atoms with van der Waals surface area (Å²) in [6.45, 7) is 3.96. The topological polar surface area (TPSA) is 50.9 Å². The summed E-state index contributed by atoms with van der Waals surface area (Å²) in [5.41, 5.74) is 3.41. The minimum Gasteiger partial charge on any atom is -0.388 e. The molecule has 1 atom stereocenters. The quantitative estimate of drug-likeness (QED) is 0.843. The van der Waals surface area contributed by atoms with E-state index < -0.39 is 0 Å². The maximum absolute atomic E-state index is 10.0. The molecule has 0 fully saturated rings. The largest absolute Gasteiger partial charge is 0.388 e. The van der Waals surface area contributed by atoms with E-state index >= 15 is 0 Å². The fraction of sp³-hybridized carbons (Fsp3) is 0.500. The molecule has 5 heteroatoms. The van der Waals surface area contributed by atoms with Crippen molar-refractivity contribution in [2.45, 2.75) is 39.2 Å². The van der Waals surface area contributed by atoms with Crippen molar-refractivity contribution in [3.05, 3.63) is 28.8 Å². The first-order valence-electron chi connectivity index (χ1n) is 5.86. The third-order valence-electron chi connectivity index (χ3n) is 3.28. The molecular weight excluding hydrogens is 234 g/mol. The van der Waals surface area contributed by atoms with Crippen LogP contribution < -0.4 is 0 Å². The zero-order valence-electron chi connectivity index (χ0n) is 9.97. The molecule has 2 aromatic heterocycles. The molecular formula is C12H15N3OS. The average molecular weight is 249 g/mol. The second-order valence-corrected chi connectivity index (χ2v) is 5.29. The molecule has 2 heterocycles. The van der Waals surface area contributed by atoms with E-state index in [4.69, 9.17) is 0 Å². The van der Waals surface area contributed by atoms with Crippen LogP contribution in [0.4, 0.5) is 0 Å². The van der Waals surface area contributed by atoms with Crippen molar-refractivity contribution >= 4 is 11.5 Å². The van der Waals surface area contributed by atoms with Gasteiger partial charge in [-0.15, -0.1) is 0 Å². The number of aromatic nitrogens is 3. The van der Waals surface area contributed by atoms with E-state index in [0.717, 1.165) is 41.5 Å². The maximum atomic E-state index is 10.0. The molecule has 1 aliphatic carbocycles. The summed E-state index contributed by atoms with van der Waals surface area (Å²) in [6, 6.07) is 2.08. The SMILES string of the molecule is Cc1nsc(-n2c(C)cc3c2CCCC3O)n1. The van der Waals surface area contributed by atoms with Crippen LogP contribution in [0.5, 0.6) is 0 Å². The molecule has 0 spiro atoms. The number of nitrogens with zero attached hydrogens (tertiary/aromatic N) is 3. The summed E-state index contributed by atoms with van der Waals surface area (Å²) < 4.78 is 6.37. The third-order valence-corrected chi connectivity index (χ3v) is 4.07. The van der Waals surface area contributed by atoms with E-state index in [1.807, 2.05) is 6.92 Å². The molecule has 0 saturated heterocycles. The van der Waals surface area contributed by atoms with Crippen LogP contribution in [0.3, 0.4) is 0 Å². The lowest BCUT2D eigenvalue weighted by Crippen LogP contribution is -2.11. The average Bonchev–Trinajstić information content (AvgIpc) is 2.82. The van der Waals surface area contributed by atoms with Crippen molar-refractivity contribution < 1.29 is 5.11 Å². The normalized spacial score (nSPS) is 19.4. The standard InChI is InChI=1S/C12H15N3OS/c1-7-6-9-10(4-3-5-11(9)16)15(7)12-13-8(2)14-17-12/h6,11,16H,3-5H2,1-2H3. The Balaban J connectivity index is 2.17. The fourth-order valence-corrected chi connectivity index (χ4v) is 3.28. The molecule has 0 saturated carbocycles. The molecule has 2 aromatic rings. The third kappa shape index (κ3) is 1.70. The van der Waals surface area contributed by atoms with Crippen LogP contribution in [0.1, 0.15) is 41.7 Å². The Morgan fingerprint density at radius 2 is 2.29 bits per heavy atom. The number of aliphatic hydroxyl groups excluding tert-OH is 1. The van der Waals surface area contributed by atoms with E-state index in [1.165, 1.54) is 17.2 Å². The number of rotatable bonds is 1. The highest BCUT2D eigenvalue weighted by atomic mass is 32.1. The van der Waals surface area contributed by atoms with Gasteiger partial charge >= 0.3 is 0 Å². The first-order chi connectivity index (χ1) is 8.16. The number of hydrogen-bond acceptors (Lipinski definition) is 4. The van der Waals surface area contributed by atoms with Gasteiger partial charge in [-0.1, -0.05) is 0 Å². The van der Waals surface area contributed by atoms with Crippen LogP contribution in [0.25, 0.3) is 5.13 Å². The molecule has 1 unspecified atom stereocenters. The van der Waals surface area contributed by atoms with Gasteiger partial charge in [0, 0.05) is 28.5 Å².